The summed E-state index contributed by atoms with van der Waals surface area (Å²) in [7, 11) is 0. The van der Waals surface area contributed by atoms with E-state index < -0.39 is 23.6 Å². The zero-order valence-electron chi connectivity index (χ0n) is 22.2. The van der Waals surface area contributed by atoms with E-state index in [4.69, 9.17) is 0 Å². The van der Waals surface area contributed by atoms with Gasteiger partial charge in [-0.1, -0.05) is 88.0 Å². The van der Waals surface area contributed by atoms with Crippen LogP contribution in [-0.2, 0) is 41.8 Å². The smallest absolute Gasteiger partial charge is 0.416 e. The Morgan fingerprint density at radius 1 is 0.854 bits per heavy atom. The molecule has 3 rings (SSSR count). The number of carbonyl (C=O) groups excluding carboxylic acids is 2. The Balaban J connectivity index is 1.70. The van der Waals surface area contributed by atoms with Crippen molar-refractivity contribution >= 4 is 49.6 Å². The highest BCUT2D eigenvalue weighted by Crippen LogP contribution is 2.31. The summed E-state index contributed by atoms with van der Waals surface area (Å²) in [4.78, 5) is 37.8. The maximum absolute atomic E-state index is 12.9. The van der Waals surface area contributed by atoms with Gasteiger partial charge in [0.2, 0.25) is 0 Å². The molecule has 2 N–H and O–H groups in total. The summed E-state index contributed by atoms with van der Waals surface area (Å²) < 4.78 is 39.6. The fourth-order valence-electron chi connectivity index (χ4n) is 4.12. The first kappa shape index (κ1) is 32.3. The van der Waals surface area contributed by atoms with Crippen LogP contribution in [0.1, 0.15) is 64.4 Å². The Kier molecular flexibility index (Phi) is 11.5. The normalized spacial score (nSPS) is 11.3. The van der Waals surface area contributed by atoms with Crippen LogP contribution in [0.4, 0.5) is 13.2 Å². The quantitative estimate of drug-likeness (QED) is 0.161. The Bertz CT molecular complexity index is 1350. The maximum Gasteiger partial charge on any atom is 0.416 e. The third kappa shape index (κ3) is 9.43. The molecule has 0 saturated carbocycles. The van der Waals surface area contributed by atoms with Crippen LogP contribution >= 0.6 is 31.9 Å². The molecule has 218 valence electrons. The standard InChI is InChI=1S/C30H29Br2F3N2O4/c1-2-3-4-5-19-6-8-20(9-7-19)16-36-27(38)22-14-25(31)24(26(32)15-22)18-37(28(39)29(40)41)17-21-10-12-23(13-11-21)30(33,34)35/h6-15H,2-5,16-18H2,1H3,(H,36,38)(H,40,41). The fraction of sp³-hybridized carbons (Fsp3) is 0.300. The van der Waals surface area contributed by atoms with Crippen LogP contribution in [0.3, 0.4) is 0 Å². The van der Waals surface area contributed by atoms with Gasteiger partial charge in [0.25, 0.3) is 5.91 Å². The molecule has 0 aromatic heterocycles. The Morgan fingerprint density at radius 2 is 1.41 bits per heavy atom. The average molecular weight is 698 g/mol. The van der Waals surface area contributed by atoms with Gasteiger partial charge < -0.3 is 15.3 Å². The van der Waals surface area contributed by atoms with Crippen molar-refractivity contribution in [2.24, 2.45) is 0 Å². The van der Waals surface area contributed by atoms with E-state index in [1.165, 1.54) is 30.5 Å². The van der Waals surface area contributed by atoms with Crippen molar-refractivity contribution in [3.8, 4) is 0 Å². The largest absolute Gasteiger partial charge is 0.474 e. The van der Waals surface area contributed by atoms with E-state index >= 15 is 0 Å². The first-order valence-electron chi connectivity index (χ1n) is 12.9. The van der Waals surface area contributed by atoms with Crippen molar-refractivity contribution in [1.82, 2.24) is 10.2 Å². The van der Waals surface area contributed by atoms with Gasteiger partial charge in [-0.2, -0.15) is 13.2 Å². The number of carboxylic acids is 1. The number of carbonyl (C=O) groups is 3. The molecule has 0 atom stereocenters. The van der Waals surface area contributed by atoms with E-state index in [2.05, 4.69) is 56.2 Å². The lowest BCUT2D eigenvalue weighted by Crippen LogP contribution is -2.35. The molecule has 0 fully saturated rings. The van der Waals surface area contributed by atoms with Gasteiger partial charge in [-0.05, 0) is 59.4 Å². The molecular weight excluding hydrogens is 669 g/mol. The highest BCUT2D eigenvalue weighted by molar-refractivity contribution is 9.11. The van der Waals surface area contributed by atoms with Crippen LogP contribution in [0.15, 0.2) is 69.6 Å². The monoisotopic (exact) mass is 696 g/mol. The Morgan fingerprint density at radius 3 is 1.95 bits per heavy atom. The molecule has 0 heterocycles. The minimum atomic E-state index is -4.52. The van der Waals surface area contributed by atoms with Crippen LogP contribution < -0.4 is 5.32 Å². The van der Waals surface area contributed by atoms with Crippen LogP contribution in [0.2, 0.25) is 0 Å². The fourth-order valence-corrected chi connectivity index (χ4v) is 5.55. The number of benzene rings is 3. The second-order valence-corrected chi connectivity index (χ2v) is 11.2. The molecule has 0 aliphatic heterocycles. The lowest BCUT2D eigenvalue weighted by atomic mass is 10.1. The number of halogens is 5. The summed E-state index contributed by atoms with van der Waals surface area (Å²) in [6.45, 7) is 2.08. The highest BCUT2D eigenvalue weighted by Gasteiger charge is 2.30. The van der Waals surface area contributed by atoms with Gasteiger partial charge in [-0.3, -0.25) is 9.59 Å². The van der Waals surface area contributed by atoms with Crippen molar-refractivity contribution < 1.29 is 32.7 Å². The summed E-state index contributed by atoms with van der Waals surface area (Å²) in [5.41, 5.74) is 2.51. The van der Waals surface area contributed by atoms with Crippen molar-refractivity contribution in [2.75, 3.05) is 0 Å². The minimum Gasteiger partial charge on any atom is -0.474 e. The van der Waals surface area contributed by atoms with Crippen LogP contribution in [0.25, 0.3) is 0 Å². The molecule has 3 aromatic rings. The summed E-state index contributed by atoms with van der Waals surface area (Å²) in [6, 6.07) is 15.4. The van der Waals surface area contributed by atoms with Crippen molar-refractivity contribution in [1.29, 1.82) is 0 Å². The SMILES string of the molecule is CCCCCc1ccc(CNC(=O)c2cc(Br)c(CN(Cc3ccc(C(F)(F)F)cc3)C(=O)C(=O)O)c(Br)c2)cc1. The molecule has 0 aliphatic carbocycles. The molecule has 0 saturated heterocycles. The number of unbranched alkanes of at least 4 members (excludes halogenated alkanes) is 2. The minimum absolute atomic E-state index is 0.181. The predicted molar refractivity (Wildman–Crippen MR) is 156 cm³/mol. The number of hydrogen-bond donors (Lipinski definition) is 2. The third-order valence-electron chi connectivity index (χ3n) is 6.42. The zero-order chi connectivity index (χ0) is 30.2. The Labute approximate surface area is 253 Å². The first-order chi connectivity index (χ1) is 19.4. The molecular formula is C30H29Br2F3N2O4. The van der Waals surface area contributed by atoms with E-state index in [9.17, 15) is 32.7 Å². The van der Waals surface area contributed by atoms with Crippen molar-refractivity contribution in [3.05, 3.63) is 103 Å². The van der Waals surface area contributed by atoms with E-state index in [1.807, 2.05) is 12.1 Å². The molecule has 0 spiro atoms. The second kappa shape index (κ2) is 14.6. The number of alkyl halides is 3. The second-order valence-electron chi connectivity index (χ2n) is 9.54. The molecule has 3 aromatic carbocycles. The van der Waals surface area contributed by atoms with Crippen molar-refractivity contribution in [3.63, 3.8) is 0 Å². The Hall–Kier alpha value is -3.18. The predicted octanol–water partition coefficient (Wildman–Crippen LogP) is 7.51. The topological polar surface area (TPSA) is 86.7 Å². The summed E-state index contributed by atoms with van der Waals surface area (Å²) in [5, 5.41) is 12.2. The molecule has 2 amide bonds. The number of amides is 2. The van der Waals surface area contributed by atoms with E-state index in [1.54, 1.807) is 12.1 Å². The first-order valence-corrected chi connectivity index (χ1v) is 14.5. The molecule has 0 bridgehead atoms. The average Bonchev–Trinajstić information content (AvgIpc) is 2.93. The molecule has 0 aliphatic rings. The lowest BCUT2D eigenvalue weighted by Gasteiger charge is -2.23. The number of carboxylic acid groups (broad SMARTS) is 1. The van der Waals surface area contributed by atoms with Gasteiger partial charge in [-0.25, -0.2) is 4.79 Å². The number of aryl methyl sites for hydroxylation is 1. The number of nitrogens with one attached hydrogen (secondary N) is 1. The molecule has 41 heavy (non-hydrogen) atoms. The summed E-state index contributed by atoms with van der Waals surface area (Å²) in [6.07, 6.45) is 0.00322. The van der Waals surface area contributed by atoms with E-state index in [-0.39, 0.29) is 19.0 Å². The maximum atomic E-state index is 12.9. The lowest BCUT2D eigenvalue weighted by molar-refractivity contribution is -0.156. The number of nitrogens with zero attached hydrogens (tertiary/aromatic N) is 1. The van der Waals surface area contributed by atoms with Crippen LogP contribution in [0.5, 0.6) is 0 Å². The van der Waals surface area contributed by atoms with Gasteiger partial charge in [-0.15, -0.1) is 0 Å². The molecule has 6 nitrogen and oxygen atoms in total. The molecule has 0 unspecified atom stereocenters. The molecule has 11 heteroatoms. The van der Waals surface area contributed by atoms with Gasteiger partial charge in [0, 0.05) is 34.1 Å². The highest BCUT2D eigenvalue weighted by atomic mass is 79.9. The molecule has 0 radical (unpaired) electrons. The summed E-state index contributed by atoms with van der Waals surface area (Å²) in [5.74, 6) is -3.25. The number of hydrogen-bond acceptors (Lipinski definition) is 3. The van der Waals surface area contributed by atoms with E-state index in [0.717, 1.165) is 35.4 Å². The van der Waals surface area contributed by atoms with Crippen LogP contribution in [-0.4, -0.2) is 27.8 Å². The number of rotatable bonds is 11. The van der Waals surface area contributed by atoms with Crippen molar-refractivity contribution in [2.45, 2.75) is 58.4 Å². The van der Waals surface area contributed by atoms with E-state index in [0.29, 0.717) is 32.2 Å². The van der Waals surface area contributed by atoms with Gasteiger partial charge in [0.1, 0.15) is 0 Å². The third-order valence-corrected chi connectivity index (χ3v) is 7.84. The zero-order valence-corrected chi connectivity index (χ0v) is 25.4. The summed E-state index contributed by atoms with van der Waals surface area (Å²) >= 11 is 6.81. The van der Waals surface area contributed by atoms with Gasteiger partial charge in [0.05, 0.1) is 5.56 Å². The number of aliphatic carboxylic acids is 1. The van der Waals surface area contributed by atoms with Crippen LogP contribution in [0, 0.1) is 0 Å². The van der Waals surface area contributed by atoms with Gasteiger partial charge >= 0.3 is 18.1 Å². The van der Waals surface area contributed by atoms with Gasteiger partial charge in [0.15, 0.2) is 0 Å².